The van der Waals surface area contributed by atoms with Gasteiger partial charge in [0.2, 0.25) is 0 Å². The van der Waals surface area contributed by atoms with Crippen molar-refractivity contribution in [2.45, 2.75) is 33.0 Å². The molecule has 0 aliphatic rings. The van der Waals surface area contributed by atoms with E-state index >= 15 is 0 Å². The number of hydrogen-bond donors (Lipinski definition) is 1. The summed E-state index contributed by atoms with van der Waals surface area (Å²) in [5, 5.41) is 5.07. The van der Waals surface area contributed by atoms with Gasteiger partial charge in [0.25, 0.3) is 0 Å². The average Bonchev–Trinajstić information content (AvgIpc) is 2.85. The van der Waals surface area contributed by atoms with Gasteiger partial charge in [-0.3, -0.25) is 4.68 Å². The maximum absolute atomic E-state index is 5.96. The molecule has 4 nitrogen and oxygen atoms in total. The average molecular weight is 280 g/mol. The lowest BCUT2D eigenvalue weighted by Gasteiger charge is -2.10. The molecule has 0 atom stereocenters. The van der Waals surface area contributed by atoms with Gasteiger partial charge in [0.05, 0.1) is 5.69 Å². The molecule has 0 spiro atoms. The third kappa shape index (κ3) is 3.49. The molecule has 0 amide bonds. The number of benzene rings is 1. The number of nitrogens with two attached hydrogens (primary N) is 1. The molecule has 0 aliphatic heterocycles. The van der Waals surface area contributed by atoms with Gasteiger partial charge in [0.1, 0.15) is 12.4 Å². The van der Waals surface area contributed by atoms with E-state index in [0.717, 1.165) is 11.3 Å². The normalized spacial score (nSPS) is 11.0. The van der Waals surface area contributed by atoms with E-state index in [1.807, 2.05) is 29.1 Å². The molecular weight excluding hydrogens is 262 g/mol. The topological polar surface area (TPSA) is 53.1 Å². The lowest BCUT2D eigenvalue weighted by atomic mass is 10.2. The molecular formula is C14H18ClN3O. The molecule has 0 bridgehead atoms. The standard InChI is InChI=1S/C14H18ClN3O/c1-10(2)18-6-5-13(17-18)9-19-14-7-12(15)4-3-11(14)8-16/h3-7,10H,8-9,16H2,1-2H3. The minimum atomic E-state index is 0.347. The number of halogens is 1. The molecule has 0 fully saturated rings. The molecule has 1 aromatic carbocycles. The number of nitrogens with zero attached hydrogens (tertiary/aromatic N) is 2. The van der Waals surface area contributed by atoms with Crippen LogP contribution in [0, 0.1) is 0 Å². The first kappa shape index (κ1) is 13.9. The molecule has 2 aromatic rings. The van der Waals surface area contributed by atoms with E-state index in [9.17, 15) is 0 Å². The Morgan fingerprint density at radius 2 is 2.16 bits per heavy atom. The van der Waals surface area contributed by atoms with E-state index < -0.39 is 0 Å². The van der Waals surface area contributed by atoms with Crippen LogP contribution in [0.15, 0.2) is 30.5 Å². The summed E-state index contributed by atoms with van der Waals surface area (Å²) in [7, 11) is 0. The van der Waals surface area contributed by atoms with Crippen molar-refractivity contribution in [2.24, 2.45) is 5.73 Å². The van der Waals surface area contributed by atoms with Crippen molar-refractivity contribution in [3.63, 3.8) is 0 Å². The fourth-order valence-electron chi connectivity index (χ4n) is 1.73. The zero-order chi connectivity index (χ0) is 13.8. The predicted octanol–water partition coefficient (Wildman–Crippen LogP) is 3.16. The van der Waals surface area contributed by atoms with Crippen LogP contribution in [0.25, 0.3) is 0 Å². The highest BCUT2D eigenvalue weighted by molar-refractivity contribution is 6.30. The molecule has 19 heavy (non-hydrogen) atoms. The molecule has 2 N–H and O–H groups in total. The van der Waals surface area contributed by atoms with Crippen LogP contribution in [0.3, 0.4) is 0 Å². The van der Waals surface area contributed by atoms with Gasteiger partial charge < -0.3 is 10.5 Å². The van der Waals surface area contributed by atoms with Crippen molar-refractivity contribution in [3.05, 3.63) is 46.7 Å². The minimum absolute atomic E-state index is 0.347. The fraction of sp³-hybridized carbons (Fsp3) is 0.357. The highest BCUT2D eigenvalue weighted by Gasteiger charge is 2.06. The predicted molar refractivity (Wildman–Crippen MR) is 76.3 cm³/mol. The van der Waals surface area contributed by atoms with E-state index in [2.05, 4.69) is 18.9 Å². The lowest BCUT2D eigenvalue weighted by Crippen LogP contribution is -2.05. The van der Waals surface area contributed by atoms with Crippen LogP contribution >= 0.6 is 11.6 Å². The molecule has 0 unspecified atom stereocenters. The van der Waals surface area contributed by atoms with Gasteiger partial charge in [0, 0.05) is 29.4 Å². The molecule has 0 saturated carbocycles. The van der Waals surface area contributed by atoms with Crippen LogP contribution in [0.1, 0.15) is 31.1 Å². The molecule has 2 rings (SSSR count). The third-order valence-electron chi connectivity index (χ3n) is 2.82. The summed E-state index contributed by atoms with van der Waals surface area (Å²) in [4.78, 5) is 0. The first-order chi connectivity index (χ1) is 9.10. The van der Waals surface area contributed by atoms with Crippen molar-refractivity contribution in [1.29, 1.82) is 0 Å². The maximum Gasteiger partial charge on any atom is 0.132 e. The number of rotatable bonds is 5. The summed E-state index contributed by atoms with van der Waals surface area (Å²) >= 11 is 5.96. The molecule has 1 aromatic heterocycles. The Kier molecular flexibility index (Phi) is 4.45. The van der Waals surface area contributed by atoms with Crippen LogP contribution in [-0.4, -0.2) is 9.78 Å². The van der Waals surface area contributed by atoms with Crippen molar-refractivity contribution < 1.29 is 4.74 Å². The summed E-state index contributed by atoms with van der Waals surface area (Å²) < 4.78 is 7.65. The van der Waals surface area contributed by atoms with E-state index in [0.29, 0.717) is 30.0 Å². The SMILES string of the molecule is CC(C)n1ccc(COc2cc(Cl)ccc2CN)n1. The summed E-state index contributed by atoms with van der Waals surface area (Å²) in [6, 6.07) is 7.77. The maximum atomic E-state index is 5.96. The molecule has 0 saturated heterocycles. The quantitative estimate of drug-likeness (QED) is 0.915. The van der Waals surface area contributed by atoms with E-state index in [1.165, 1.54) is 0 Å². The molecule has 0 aliphatic carbocycles. The second-order valence-corrected chi connectivity index (χ2v) is 5.06. The minimum Gasteiger partial charge on any atom is -0.487 e. The summed E-state index contributed by atoms with van der Waals surface area (Å²) in [5.41, 5.74) is 7.49. The Labute approximate surface area is 118 Å². The van der Waals surface area contributed by atoms with Crippen LogP contribution < -0.4 is 10.5 Å². The largest absolute Gasteiger partial charge is 0.487 e. The van der Waals surface area contributed by atoms with Crippen molar-refractivity contribution in [1.82, 2.24) is 9.78 Å². The van der Waals surface area contributed by atoms with Gasteiger partial charge in [-0.05, 0) is 32.0 Å². The number of aromatic nitrogens is 2. The van der Waals surface area contributed by atoms with Gasteiger partial charge >= 0.3 is 0 Å². The lowest BCUT2D eigenvalue weighted by molar-refractivity contribution is 0.295. The summed E-state index contributed by atoms with van der Waals surface area (Å²) in [6.45, 7) is 5.00. The Morgan fingerprint density at radius 1 is 1.37 bits per heavy atom. The zero-order valence-corrected chi connectivity index (χ0v) is 11.9. The molecule has 1 heterocycles. The summed E-state index contributed by atoms with van der Waals surface area (Å²) in [6.07, 6.45) is 1.95. The van der Waals surface area contributed by atoms with Crippen LogP contribution in [0.4, 0.5) is 0 Å². The van der Waals surface area contributed by atoms with Gasteiger partial charge in [-0.2, -0.15) is 5.10 Å². The summed E-state index contributed by atoms with van der Waals surface area (Å²) in [5.74, 6) is 0.717. The molecule has 5 heteroatoms. The second kappa shape index (κ2) is 6.08. The Balaban J connectivity index is 2.07. The van der Waals surface area contributed by atoms with Gasteiger partial charge in [-0.1, -0.05) is 17.7 Å². The van der Waals surface area contributed by atoms with Gasteiger partial charge in [-0.15, -0.1) is 0 Å². The second-order valence-electron chi connectivity index (χ2n) is 4.63. The van der Waals surface area contributed by atoms with E-state index in [1.54, 1.807) is 6.07 Å². The highest BCUT2D eigenvalue weighted by Crippen LogP contribution is 2.23. The molecule has 0 radical (unpaired) electrons. The first-order valence-electron chi connectivity index (χ1n) is 6.25. The van der Waals surface area contributed by atoms with Crippen molar-refractivity contribution in [3.8, 4) is 5.75 Å². The Morgan fingerprint density at radius 3 is 2.79 bits per heavy atom. The van der Waals surface area contributed by atoms with Gasteiger partial charge in [0.15, 0.2) is 0 Å². The smallest absolute Gasteiger partial charge is 0.132 e. The number of hydrogen-bond acceptors (Lipinski definition) is 3. The van der Waals surface area contributed by atoms with Gasteiger partial charge in [-0.25, -0.2) is 0 Å². The zero-order valence-electron chi connectivity index (χ0n) is 11.1. The van der Waals surface area contributed by atoms with E-state index in [-0.39, 0.29) is 0 Å². The number of ether oxygens (including phenoxy) is 1. The first-order valence-corrected chi connectivity index (χ1v) is 6.63. The monoisotopic (exact) mass is 279 g/mol. The fourth-order valence-corrected chi connectivity index (χ4v) is 1.89. The van der Waals surface area contributed by atoms with Crippen molar-refractivity contribution in [2.75, 3.05) is 0 Å². The Bertz CT molecular complexity index is 551. The highest BCUT2D eigenvalue weighted by atomic mass is 35.5. The van der Waals surface area contributed by atoms with Crippen LogP contribution in [0.5, 0.6) is 5.75 Å². The molecule has 102 valence electrons. The van der Waals surface area contributed by atoms with E-state index in [4.69, 9.17) is 22.1 Å². The third-order valence-corrected chi connectivity index (χ3v) is 3.05. The van der Waals surface area contributed by atoms with Crippen molar-refractivity contribution >= 4 is 11.6 Å². The van der Waals surface area contributed by atoms with Crippen LogP contribution in [0.2, 0.25) is 5.02 Å². The van der Waals surface area contributed by atoms with Crippen LogP contribution in [-0.2, 0) is 13.2 Å². The Hall–Kier alpha value is -1.52.